The van der Waals surface area contributed by atoms with Gasteiger partial charge in [-0.15, -0.1) is 0 Å². The summed E-state index contributed by atoms with van der Waals surface area (Å²) >= 11 is 6.01. The van der Waals surface area contributed by atoms with E-state index in [9.17, 15) is 9.59 Å². The zero-order valence-electron chi connectivity index (χ0n) is 16.2. The van der Waals surface area contributed by atoms with Crippen molar-refractivity contribution in [3.8, 4) is 17.2 Å². The third-order valence-corrected chi connectivity index (χ3v) is 5.08. The summed E-state index contributed by atoms with van der Waals surface area (Å²) in [5.74, 6) is 0.672. The molecule has 0 atom stereocenters. The van der Waals surface area contributed by atoms with E-state index in [1.807, 2.05) is 12.1 Å². The van der Waals surface area contributed by atoms with Crippen LogP contribution >= 0.6 is 11.6 Å². The summed E-state index contributed by atoms with van der Waals surface area (Å²) < 4.78 is 16.8. The molecule has 7 nitrogen and oxygen atoms in total. The topological polar surface area (TPSA) is 89.8 Å². The maximum Gasteiger partial charge on any atom is 0.291 e. The number of benzene rings is 3. The molecule has 0 unspecified atom stereocenters. The van der Waals surface area contributed by atoms with E-state index in [1.165, 1.54) is 7.11 Å². The first kappa shape index (κ1) is 19.0. The number of rotatable bonds is 3. The molecule has 2 heterocycles. The highest BCUT2D eigenvalue weighted by Crippen LogP contribution is 2.38. The van der Waals surface area contributed by atoms with Crippen LogP contribution in [0.1, 0.15) is 20.9 Å². The second kappa shape index (κ2) is 7.37. The minimum absolute atomic E-state index is 0.122. The molecule has 0 saturated carbocycles. The Labute approximate surface area is 181 Å². The average Bonchev–Trinajstić information content (AvgIpc) is 3.15. The fourth-order valence-corrected chi connectivity index (χ4v) is 3.54. The normalized spacial score (nSPS) is 12.3. The first-order chi connectivity index (χ1) is 15.0. The molecule has 0 bridgehead atoms. The van der Waals surface area contributed by atoms with Crippen molar-refractivity contribution in [1.29, 1.82) is 0 Å². The molecule has 1 aliphatic heterocycles. The maximum atomic E-state index is 12.7. The third-order valence-electron chi connectivity index (χ3n) is 4.84. The monoisotopic (exact) mass is 434 g/mol. The number of para-hydroxylation sites is 1. The lowest BCUT2D eigenvalue weighted by Crippen LogP contribution is -2.13. The van der Waals surface area contributed by atoms with Gasteiger partial charge in [0.25, 0.3) is 11.8 Å². The number of furan rings is 1. The van der Waals surface area contributed by atoms with Crippen molar-refractivity contribution < 1.29 is 23.5 Å². The predicted molar refractivity (Wildman–Crippen MR) is 117 cm³/mol. The van der Waals surface area contributed by atoms with Crippen molar-refractivity contribution in [2.24, 2.45) is 0 Å². The Morgan fingerprint density at radius 1 is 1.06 bits per heavy atom. The lowest BCUT2D eigenvalue weighted by atomic mass is 10.1. The molecule has 0 aliphatic carbocycles. The van der Waals surface area contributed by atoms with E-state index in [4.69, 9.17) is 25.5 Å². The first-order valence-electron chi connectivity index (χ1n) is 9.32. The van der Waals surface area contributed by atoms with Crippen LogP contribution in [-0.4, -0.2) is 18.9 Å². The van der Waals surface area contributed by atoms with Crippen molar-refractivity contribution >= 4 is 45.8 Å². The minimum Gasteiger partial charge on any atom is -0.493 e. The number of fused-ring (bicyclic) bond motifs is 3. The van der Waals surface area contributed by atoms with Gasteiger partial charge in [0.05, 0.1) is 18.4 Å². The number of anilines is 2. The van der Waals surface area contributed by atoms with Crippen molar-refractivity contribution in [3.05, 3.63) is 77.0 Å². The van der Waals surface area contributed by atoms with Gasteiger partial charge in [0.2, 0.25) is 0 Å². The number of carbonyl (C=O) groups is 2. The van der Waals surface area contributed by atoms with Crippen LogP contribution in [-0.2, 0) is 0 Å². The molecule has 4 aromatic rings. The van der Waals surface area contributed by atoms with Gasteiger partial charge in [-0.3, -0.25) is 9.59 Å². The van der Waals surface area contributed by atoms with Crippen LogP contribution in [0.5, 0.6) is 17.2 Å². The van der Waals surface area contributed by atoms with Gasteiger partial charge in [0, 0.05) is 16.1 Å². The van der Waals surface area contributed by atoms with Crippen molar-refractivity contribution in [3.63, 3.8) is 0 Å². The van der Waals surface area contributed by atoms with Crippen LogP contribution in [0.4, 0.5) is 11.4 Å². The SMILES string of the molecule is COc1cccc2cc(C(=O)Nc3ccc4c(c3)C(=O)Nc3cc(Cl)ccc3O4)oc12. The van der Waals surface area contributed by atoms with Crippen molar-refractivity contribution in [2.45, 2.75) is 0 Å². The van der Waals surface area contributed by atoms with Crippen LogP contribution in [0.25, 0.3) is 11.0 Å². The van der Waals surface area contributed by atoms with Gasteiger partial charge in [-0.05, 0) is 48.5 Å². The Morgan fingerprint density at radius 2 is 1.90 bits per heavy atom. The molecule has 8 heteroatoms. The standard InChI is InChI=1S/C23H15ClN2O5/c1-29-19-4-2-3-12-9-20(31-21(12)19)23(28)25-14-6-8-17-15(11-14)22(27)26-16-10-13(24)5-7-18(16)30-17/h2-11H,1H3,(H,25,28)(H,26,27). The van der Waals surface area contributed by atoms with E-state index in [2.05, 4.69) is 10.6 Å². The smallest absolute Gasteiger partial charge is 0.291 e. The number of halogens is 1. The van der Waals surface area contributed by atoms with E-state index >= 15 is 0 Å². The maximum absolute atomic E-state index is 12.7. The van der Waals surface area contributed by atoms with E-state index in [0.29, 0.717) is 39.2 Å². The molecule has 3 aromatic carbocycles. The molecule has 2 N–H and O–H groups in total. The molecule has 1 aromatic heterocycles. The van der Waals surface area contributed by atoms with Gasteiger partial charge >= 0.3 is 0 Å². The summed E-state index contributed by atoms with van der Waals surface area (Å²) in [5.41, 5.74) is 1.65. The quantitative estimate of drug-likeness (QED) is 0.431. The number of amides is 2. The highest BCUT2D eigenvalue weighted by molar-refractivity contribution is 6.31. The van der Waals surface area contributed by atoms with Gasteiger partial charge in [-0.25, -0.2) is 0 Å². The highest BCUT2D eigenvalue weighted by Gasteiger charge is 2.22. The molecule has 154 valence electrons. The fraction of sp³-hybridized carbons (Fsp3) is 0.0435. The van der Waals surface area contributed by atoms with Gasteiger partial charge in [0.15, 0.2) is 22.8 Å². The molecule has 0 fully saturated rings. The van der Waals surface area contributed by atoms with Gasteiger partial charge in [0.1, 0.15) is 5.75 Å². The average molecular weight is 435 g/mol. The van der Waals surface area contributed by atoms with Gasteiger partial charge in [-0.1, -0.05) is 23.7 Å². The largest absolute Gasteiger partial charge is 0.493 e. The Morgan fingerprint density at radius 3 is 2.74 bits per heavy atom. The van der Waals surface area contributed by atoms with E-state index < -0.39 is 5.91 Å². The van der Waals surface area contributed by atoms with E-state index in [-0.39, 0.29) is 17.2 Å². The number of methoxy groups -OCH3 is 1. The lowest BCUT2D eigenvalue weighted by molar-refractivity contribution is 0.0995. The zero-order valence-corrected chi connectivity index (χ0v) is 16.9. The number of ether oxygens (including phenoxy) is 2. The summed E-state index contributed by atoms with van der Waals surface area (Å²) in [6.07, 6.45) is 0. The van der Waals surface area contributed by atoms with Gasteiger partial charge in [-0.2, -0.15) is 0 Å². The van der Waals surface area contributed by atoms with Crippen LogP contribution in [0.15, 0.2) is 65.1 Å². The summed E-state index contributed by atoms with van der Waals surface area (Å²) in [4.78, 5) is 25.4. The second-order valence-corrected chi connectivity index (χ2v) is 7.29. The summed E-state index contributed by atoms with van der Waals surface area (Å²) in [6, 6.07) is 16.8. The fourth-order valence-electron chi connectivity index (χ4n) is 3.37. The number of hydrogen-bond donors (Lipinski definition) is 2. The molecule has 31 heavy (non-hydrogen) atoms. The Bertz CT molecular complexity index is 1360. The third kappa shape index (κ3) is 3.45. The Balaban J connectivity index is 1.43. The Hall–Kier alpha value is -3.97. The number of nitrogens with one attached hydrogen (secondary N) is 2. The van der Waals surface area contributed by atoms with Crippen molar-refractivity contribution in [1.82, 2.24) is 0 Å². The molecule has 5 rings (SSSR count). The number of hydrogen-bond acceptors (Lipinski definition) is 5. The molecular weight excluding hydrogens is 420 g/mol. The molecule has 0 radical (unpaired) electrons. The molecule has 1 aliphatic rings. The van der Waals surface area contributed by atoms with Gasteiger partial charge < -0.3 is 24.5 Å². The first-order valence-corrected chi connectivity index (χ1v) is 9.70. The van der Waals surface area contributed by atoms with Crippen LogP contribution < -0.4 is 20.1 Å². The predicted octanol–water partition coefficient (Wildman–Crippen LogP) is 5.71. The summed E-state index contributed by atoms with van der Waals surface area (Å²) in [6.45, 7) is 0. The molecular formula is C23H15ClN2O5. The van der Waals surface area contributed by atoms with Crippen LogP contribution in [0.2, 0.25) is 5.02 Å². The van der Waals surface area contributed by atoms with Crippen LogP contribution in [0, 0.1) is 0 Å². The molecule has 2 amide bonds. The second-order valence-electron chi connectivity index (χ2n) is 6.85. The number of carbonyl (C=O) groups excluding carboxylic acids is 2. The van der Waals surface area contributed by atoms with E-state index in [1.54, 1.807) is 48.5 Å². The molecule has 0 saturated heterocycles. The van der Waals surface area contributed by atoms with Crippen molar-refractivity contribution in [2.75, 3.05) is 17.7 Å². The van der Waals surface area contributed by atoms with Crippen LogP contribution in [0.3, 0.4) is 0 Å². The van der Waals surface area contributed by atoms with E-state index in [0.717, 1.165) is 5.39 Å². The minimum atomic E-state index is -0.455. The highest BCUT2D eigenvalue weighted by atomic mass is 35.5. The molecule has 0 spiro atoms. The summed E-state index contributed by atoms with van der Waals surface area (Å²) in [5, 5.41) is 6.74. The lowest BCUT2D eigenvalue weighted by Gasteiger charge is -2.09. The zero-order chi connectivity index (χ0) is 21.5. The Kier molecular flexibility index (Phi) is 4.52. The summed E-state index contributed by atoms with van der Waals surface area (Å²) in [7, 11) is 1.53.